The van der Waals surface area contributed by atoms with Gasteiger partial charge in [-0.2, -0.15) is 0 Å². The SMILES string of the molecule is CC1=CN(S(=O)(=O)c2ccc(C)cc2)C2N=CC=C(Cc3ccc(CC(NC(=O)OC(C)C)C(=O)NC4=CCCC=C4)cc3F)C12. The summed E-state index contributed by atoms with van der Waals surface area (Å²) in [6.07, 6.45) is 10.8. The van der Waals surface area contributed by atoms with Gasteiger partial charge in [0.05, 0.1) is 11.0 Å². The highest BCUT2D eigenvalue weighted by Crippen LogP contribution is 2.40. The zero-order chi connectivity index (χ0) is 33.0. The van der Waals surface area contributed by atoms with Crippen molar-refractivity contribution in [2.75, 3.05) is 0 Å². The molecule has 0 saturated heterocycles. The molecule has 1 aliphatic carbocycles. The number of aliphatic imine (C=N–C) groups is 1. The van der Waals surface area contributed by atoms with E-state index in [1.54, 1.807) is 62.7 Å². The largest absolute Gasteiger partial charge is 0.447 e. The fraction of sp³-hybridized carbons (Fsp3) is 0.343. The highest BCUT2D eigenvalue weighted by atomic mass is 32.2. The number of benzene rings is 2. The fourth-order valence-corrected chi connectivity index (χ4v) is 7.26. The van der Waals surface area contributed by atoms with Gasteiger partial charge in [-0.25, -0.2) is 21.9 Å². The number of halogens is 1. The lowest BCUT2D eigenvalue weighted by Gasteiger charge is -2.30. The van der Waals surface area contributed by atoms with Crippen LogP contribution in [0.1, 0.15) is 50.3 Å². The number of nitrogens with one attached hydrogen (secondary N) is 2. The average Bonchev–Trinajstić information content (AvgIpc) is 3.36. The van der Waals surface area contributed by atoms with Crippen molar-refractivity contribution >= 4 is 28.2 Å². The van der Waals surface area contributed by atoms with Crippen molar-refractivity contribution in [1.29, 1.82) is 0 Å². The van der Waals surface area contributed by atoms with Crippen LogP contribution in [0.25, 0.3) is 0 Å². The Morgan fingerprint density at radius 2 is 1.87 bits per heavy atom. The number of hydrogen-bond donors (Lipinski definition) is 2. The highest BCUT2D eigenvalue weighted by molar-refractivity contribution is 7.89. The summed E-state index contributed by atoms with van der Waals surface area (Å²) in [7, 11) is -3.85. The van der Waals surface area contributed by atoms with Gasteiger partial charge in [-0.05, 0) is 94.0 Å². The normalized spacial score (nSPS) is 19.6. The smallest absolute Gasteiger partial charge is 0.408 e. The number of nitrogens with zero attached hydrogens (tertiary/aromatic N) is 2. The average molecular weight is 647 g/mol. The molecule has 0 bridgehead atoms. The van der Waals surface area contributed by atoms with Crippen molar-refractivity contribution in [3.05, 3.63) is 112 Å². The van der Waals surface area contributed by atoms with E-state index in [2.05, 4.69) is 15.6 Å². The molecule has 11 heteroatoms. The van der Waals surface area contributed by atoms with Gasteiger partial charge in [-0.1, -0.05) is 47.6 Å². The van der Waals surface area contributed by atoms with Crippen LogP contribution in [0.2, 0.25) is 0 Å². The van der Waals surface area contributed by atoms with E-state index in [9.17, 15) is 18.0 Å². The molecule has 3 aliphatic rings. The Morgan fingerprint density at radius 3 is 2.54 bits per heavy atom. The lowest BCUT2D eigenvalue weighted by molar-refractivity contribution is -0.122. The summed E-state index contributed by atoms with van der Waals surface area (Å²) < 4.78 is 49.2. The zero-order valence-corrected chi connectivity index (χ0v) is 27.2. The predicted octanol–water partition coefficient (Wildman–Crippen LogP) is 5.63. The van der Waals surface area contributed by atoms with Gasteiger partial charge in [0.25, 0.3) is 10.0 Å². The quantitative estimate of drug-likeness (QED) is 0.347. The van der Waals surface area contributed by atoms with Gasteiger partial charge in [-0.3, -0.25) is 9.79 Å². The van der Waals surface area contributed by atoms with Crippen LogP contribution >= 0.6 is 0 Å². The first-order valence-corrected chi connectivity index (χ1v) is 16.8. The van der Waals surface area contributed by atoms with Gasteiger partial charge in [0.15, 0.2) is 0 Å². The van der Waals surface area contributed by atoms with E-state index in [-0.39, 0.29) is 29.8 Å². The third kappa shape index (κ3) is 7.47. The van der Waals surface area contributed by atoms with Crippen LogP contribution in [0, 0.1) is 18.7 Å². The molecular weight excluding hydrogens is 607 g/mol. The molecule has 0 saturated carbocycles. The molecule has 0 fully saturated rings. The second kappa shape index (κ2) is 13.9. The highest BCUT2D eigenvalue weighted by Gasteiger charge is 2.42. The Balaban J connectivity index is 1.31. The standard InChI is InChI=1S/C35H39FN4O5S/c1-22(2)45-35(42)39-31(34(41)38-28-8-6-5-7-9-28)19-25-12-13-26(30(36)18-25)20-27-16-17-37-33-32(27)24(4)21-40(33)46(43,44)29-14-10-23(3)11-15-29/h6,8-18,21-22,31-33H,5,7,19-20H2,1-4H3,(H,38,41)(H,39,42). The maximum Gasteiger partial charge on any atom is 0.408 e. The van der Waals surface area contributed by atoms with E-state index in [0.29, 0.717) is 16.8 Å². The lowest BCUT2D eigenvalue weighted by atomic mass is 9.86. The monoisotopic (exact) mass is 646 g/mol. The molecule has 3 unspecified atom stereocenters. The molecule has 0 radical (unpaired) electrons. The van der Waals surface area contributed by atoms with Gasteiger partial charge in [0.1, 0.15) is 18.0 Å². The maximum absolute atomic E-state index is 15.6. The maximum atomic E-state index is 15.6. The third-order valence-electron chi connectivity index (χ3n) is 8.07. The Kier molecular flexibility index (Phi) is 9.91. The van der Waals surface area contributed by atoms with Crippen molar-refractivity contribution < 1.29 is 27.1 Å². The number of ether oxygens (including phenoxy) is 1. The van der Waals surface area contributed by atoms with E-state index >= 15 is 4.39 Å². The minimum Gasteiger partial charge on any atom is -0.447 e. The molecule has 2 N–H and O–H groups in total. The summed E-state index contributed by atoms with van der Waals surface area (Å²) in [5.74, 6) is -1.24. The second-order valence-corrected chi connectivity index (χ2v) is 13.9. The molecule has 5 rings (SSSR count). The summed E-state index contributed by atoms with van der Waals surface area (Å²) >= 11 is 0. The second-order valence-electron chi connectivity index (χ2n) is 12.0. The number of alkyl carbamates (subject to hydrolysis) is 1. The van der Waals surface area contributed by atoms with Crippen LogP contribution in [0.5, 0.6) is 0 Å². The van der Waals surface area contributed by atoms with Gasteiger partial charge in [0.2, 0.25) is 5.91 Å². The van der Waals surface area contributed by atoms with Crippen LogP contribution in [0.15, 0.2) is 99.7 Å². The number of carbonyl (C=O) groups is 2. The molecule has 2 aliphatic heterocycles. The number of sulfonamides is 1. The van der Waals surface area contributed by atoms with Crippen LogP contribution in [0.3, 0.4) is 0 Å². The van der Waals surface area contributed by atoms with Gasteiger partial charge < -0.3 is 15.4 Å². The number of amides is 2. The number of fused-ring (bicyclic) bond motifs is 1. The first-order valence-electron chi connectivity index (χ1n) is 15.3. The number of hydrogen-bond acceptors (Lipinski definition) is 6. The molecule has 2 amide bonds. The van der Waals surface area contributed by atoms with Crippen molar-refractivity contribution in [2.45, 2.75) is 76.6 Å². The summed E-state index contributed by atoms with van der Waals surface area (Å²) in [4.78, 5) is 30.3. The molecule has 3 atom stereocenters. The van der Waals surface area contributed by atoms with Crippen LogP contribution in [-0.2, 0) is 32.4 Å². The molecule has 2 heterocycles. The molecule has 0 aromatic heterocycles. The Hall–Kier alpha value is -4.51. The summed E-state index contributed by atoms with van der Waals surface area (Å²) in [5.41, 5.74) is 4.19. The van der Waals surface area contributed by atoms with Gasteiger partial charge >= 0.3 is 6.09 Å². The van der Waals surface area contributed by atoms with E-state index in [4.69, 9.17) is 4.74 Å². The van der Waals surface area contributed by atoms with Gasteiger partial charge in [0, 0.05) is 30.5 Å². The molecular formula is C35H39FN4O5S. The van der Waals surface area contributed by atoms with E-state index in [0.717, 1.165) is 29.6 Å². The van der Waals surface area contributed by atoms with Gasteiger partial charge in [-0.15, -0.1) is 0 Å². The number of aryl methyl sites for hydroxylation is 1. The number of rotatable bonds is 10. The van der Waals surface area contributed by atoms with Crippen LogP contribution < -0.4 is 10.6 Å². The fourth-order valence-electron chi connectivity index (χ4n) is 5.77. The van der Waals surface area contributed by atoms with Crippen molar-refractivity contribution in [3.63, 3.8) is 0 Å². The van der Waals surface area contributed by atoms with E-state index in [1.165, 1.54) is 10.4 Å². The predicted molar refractivity (Wildman–Crippen MR) is 175 cm³/mol. The first-order chi connectivity index (χ1) is 21.9. The summed E-state index contributed by atoms with van der Waals surface area (Å²) in [5, 5.41) is 5.45. The molecule has 46 heavy (non-hydrogen) atoms. The Morgan fingerprint density at radius 1 is 1.11 bits per heavy atom. The Labute approximate surface area is 269 Å². The zero-order valence-electron chi connectivity index (χ0n) is 26.4. The molecule has 2 aromatic carbocycles. The Bertz CT molecular complexity index is 1760. The van der Waals surface area contributed by atoms with E-state index in [1.807, 2.05) is 38.2 Å². The van der Waals surface area contributed by atoms with Crippen molar-refractivity contribution in [3.8, 4) is 0 Å². The van der Waals surface area contributed by atoms with Crippen LogP contribution in [-0.4, -0.2) is 49.2 Å². The molecule has 2 aromatic rings. The van der Waals surface area contributed by atoms with Crippen LogP contribution in [0.4, 0.5) is 9.18 Å². The summed E-state index contributed by atoms with van der Waals surface area (Å²) in [6.45, 7) is 7.17. The van der Waals surface area contributed by atoms with Crippen molar-refractivity contribution in [2.24, 2.45) is 10.9 Å². The topological polar surface area (TPSA) is 117 Å². The van der Waals surface area contributed by atoms with Crippen molar-refractivity contribution in [1.82, 2.24) is 14.9 Å². The van der Waals surface area contributed by atoms with E-state index < -0.39 is 40.0 Å². The number of carbonyl (C=O) groups excluding carboxylic acids is 2. The molecule has 0 spiro atoms. The minimum absolute atomic E-state index is 0.0426. The minimum atomic E-state index is -3.85. The number of allylic oxidation sites excluding steroid dienone is 4. The molecule has 242 valence electrons. The summed E-state index contributed by atoms with van der Waals surface area (Å²) in [6, 6.07) is 10.4. The number of dihydropyridines is 1. The third-order valence-corrected chi connectivity index (χ3v) is 9.81. The molecule has 9 nitrogen and oxygen atoms in total. The first kappa shape index (κ1) is 32.9. The lowest BCUT2D eigenvalue weighted by Crippen LogP contribution is -2.48.